The minimum absolute atomic E-state index is 0.00663. The predicted octanol–water partition coefficient (Wildman–Crippen LogP) is 4.84. The van der Waals surface area contributed by atoms with E-state index in [0.717, 1.165) is 25.0 Å². The van der Waals surface area contributed by atoms with Gasteiger partial charge in [0.15, 0.2) is 9.84 Å². The largest absolute Gasteiger partial charge is 0.442 e. The van der Waals surface area contributed by atoms with Crippen molar-refractivity contribution < 1.29 is 53.9 Å². The van der Waals surface area contributed by atoms with Gasteiger partial charge in [0.2, 0.25) is 5.91 Å². The third-order valence-corrected chi connectivity index (χ3v) is 9.04. The van der Waals surface area contributed by atoms with Crippen molar-refractivity contribution >= 4 is 33.3 Å². The fourth-order valence-corrected chi connectivity index (χ4v) is 6.73. The van der Waals surface area contributed by atoms with Crippen LogP contribution in [0, 0.1) is 5.92 Å². The van der Waals surface area contributed by atoms with Crippen molar-refractivity contribution in [2.45, 2.75) is 62.0 Å². The number of carbonyl (C=O) groups excluding carboxylic acids is 3. The van der Waals surface area contributed by atoms with E-state index in [-0.39, 0.29) is 35.2 Å². The number of anilines is 1. The number of rotatable bonds is 7. The molecule has 0 radical (unpaired) electrons. The summed E-state index contributed by atoms with van der Waals surface area (Å²) < 4.78 is 112. The molecule has 1 atom stereocenters. The van der Waals surface area contributed by atoms with Crippen LogP contribution < -0.4 is 5.32 Å². The Hall–Kier alpha value is -3.62. The van der Waals surface area contributed by atoms with Gasteiger partial charge in [0, 0.05) is 31.6 Å². The summed E-state index contributed by atoms with van der Waals surface area (Å²) in [5.41, 5.74) is -5.74. The summed E-state index contributed by atoms with van der Waals surface area (Å²) in [5.74, 6) is -3.01. The average Bonchev–Trinajstić information content (AvgIpc) is 3.68. The third-order valence-electron chi connectivity index (χ3n) is 7.16. The maximum atomic E-state index is 13.8. The molecule has 1 N–H and O–H groups in total. The predicted molar refractivity (Wildman–Crippen MR) is 136 cm³/mol. The number of fused-ring (bicyclic) bond motifs is 1. The maximum Gasteiger partial charge on any atom is 0.442 e. The van der Waals surface area contributed by atoms with Crippen molar-refractivity contribution in [3.8, 4) is 0 Å². The number of halogens is 6. The molecule has 1 unspecified atom stereocenters. The zero-order valence-corrected chi connectivity index (χ0v) is 23.1. The molecule has 1 aliphatic carbocycles. The lowest BCUT2D eigenvalue weighted by atomic mass is 9.91. The number of ether oxygens (including phenoxy) is 1. The summed E-state index contributed by atoms with van der Waals surface area (Å²) in [6.07, 6.45) is -10.2. The molecule has 4 rings (SSSR count). The lowest BCUT2D eigenvalue weighted by Gasteiger charge is -2.37. The Kier molecular flexibility index (Phi) is 8.13. The normalized spacial score (nSPS) is 17.8. The van der Waals surface area contributed by atoms with Crippen molar-refractivity contribution in [2.24, 2.45) is 5.92 Å². The molecule has 2 aromatic rings. The van der Waals surface area contributed by atoms with Gasteiger partial charge in [-0.05, 0) is 60.6 Å². The molecule has 1 fully saturated rings. The van der Waals surface area contributed by atoms with Gasteiger partial charge < -0.3 is 15.0 Å². The first-order valence-electron chi connectivity index (χ1n) is 12.7. The zero-order chi connectivity index (χ0) is 31.3. The van der Waals surface area contributed by atoms with Crippen LogP contribution >= 0.6 is 0 Å². The van der Waals surface area contributed by atoms with E-state index in [0.29, 0.717) is 30.2 Å². The van der Waals surface area contributed by atoms with Gasteiger partial charge in [-0.1, -0.05) is 18.2 Å². The molecule has 0 bridgehead atoms. The van der Waals surface area contributed by atoms with E-state index >= 15 is 0 Å². The van der Waals surface area contributed by atoms with Gasteiger partial charge in [-0.15, -0.1) is 0 Å². The molecule has 1 saturated carbocycles. The highest BCUT2D eigenvalue weighted by Gasteiger charge is 2.75. The van der Waals surface area contributed by atoms with E-state index in [1.165, 1.54) is 30.0 Å². The fraction of sp³-hybridized carbons (Fsp3) is 0.444. The molecule has 0 saturated heterocycles. The molecule has 1 heterocycles. The first kappa shape index (κ1) is 31.3. The number of sulfone groups is 1. The Morgan fingerprint density at radius 1 is 0.952 bits per heavy atom. The number of alkyl halides is 6. The quantitative estimate of drug-likeness (QED) is 0.351. The SMILES string of the molecule is CC(=O)OC(c1ccc(NC(=O)C2c3ccc(S(=O)(=O)CC4CC4)cc3CCN2C(C)=O)cc1)(C(F)(F)F)C(F)(F)F. The summed E-state index contributed by atoms with van der Waals surface area (Å²) in [4.78, 5) is 38.3. The number of amides is 2. The molecule has 2 amide bonds. The third kappa shape index (κ3) is 5.96. The fourth-order valence-electron chi connectivity index (χ4n) is 4.99. The van der Waals surface area contributed by atoms with Crippen molar-refractivity contribution in [3.63, 3.8) is 0 Å². The van der Waals surface area contributed by atoms with Gasteiger partial charge in [-0.25, -0.2) is 8.42 Å². The molecular weight excluding hydrogens is 594 g/mol. The number of hydrogen-bond acceptors (Lipinski definition) is 6. The van der Waals surface area contributed by atoms with Crippen molar-refractivity contribution in [1.82, 2.24) is 4.90 Å². The topological polar surface area (TPSA) is 110 Å². The van der Waals surface area contributed by atoms with Crippen molar-refractivity contribution in [1.29, 1.82) is 0 Å². The average molecular weight is 621 g/mol. The second-order valence-electron chi connectivity index (χ2n) is 10.3. The van der Waals surface area contributed by atoms with E-state index < -0.39 is 57.2 Å². The van der Waals surface area contributed by atoms with Gasteiger partial charge >= 0.3 is 23.9 Å². The highest BCUT2D eigenvalue weighted by atomic mass is 32.2. The van der Waals surface area contributed by atoms with Crippen LogP contribution in [0.4, 0.5) is 32.0 Å². The second kappa shape index (κ2) is 10.9. The lowest BCUT2D eigenvalue weighted by molar-refractivity contribution is -0.377. The van der Waals surface area contributed by atoms with Crippen LogP contribution in [0.2, 0.25) is 0 Å². The van der Waals surface area contributed by atoms with Crippen LogP contribution in [0.5, 0.6) is 0 Å². The molecule has 0 spiro atoms. The Labute approximate surface area is 236 Å². The lowest BCUT2D eigenvalue weighted by Crippen LogP contribution is -2.56. The van der Waals surface area contributed by atoms with Crippen LogP contribution in [0.3, 0.4) is 0 Å². The summed E-state index contributed by atoms with van der Waals surface area (Å²) in [6, 6.07) is 5.38. The first-order valence-corrected chi connectivity index (χ1v) is 14.4. The minimum atomic E-state index is -6.07. The van der Waals surface area contributed by atoms with Crippen LogP contribution in [0.15, 0.2) is 47.4 Å². The molecule has 228 valence electrons. The number of nitrogens with one attached hydrogen (secondary N) is 1. The molecule has 2 aromatic carbocycles. The molecule has 0 aromatic heterocycles. The maximum absolute atomic E-state index is 13.8. The van der Waals surface area contributed by atoms with Crippen LogP contribution in [0.1, 0.15) is 49.4 Å². The van der Waals surface area contributed by atoms with Crippen LogP contribution in [0.25, 0.3) is 0 Å². The zero-order valence-electron chi connectivity index (χ0n) is 22.3. The van der Waals surface area contributed by atoms with E-state index in [2.05, 4.69) is 10.1 Å². The molecule has 1 aliphatic heterocycles. The smallest absolute Gasteiger partial charge is 0.435 e. The molecule has 8 nitrogen and oxygen atoms in total. The van der Waals surface area contributed by atoms with E-state index in [4.69, 9.17) is 0 Å². The monoisotopic (exact) mass is 620 g/mol. The molecule has 2 aliphatic rings. The van der Waals surface area contributed by atoms with E-state index in [9.17, 15) is 49.1 Å². The number of nitrogens with zero attached hydrogens (tertiary/aromatic N) is 1. The van der Waals surface area contributed by atoms with Gasteiger partial charge in [-0.2, -0.15) is 26.3 Å². The molecule has 15 heteroatoms. The summed E-state index contributed by atoms with van der Waals surface area (Å²) in [6.45, 7) is 1.69. The Bertz CT molecular complexity index is 1490. The van der Waals surface area contributed by atoms with Crippen LogP contribution in [-0.4, -0.2) is 55.8 Å². The van der Waals surface area contributed by atoms with Crippen LogP contribution in [-0.2, 0) is 41.0 Å². The summed E-state index contributed by atoms with van der Waals surface area (Å²) in [7, 11) is -3.56. The van der Waals surface area contributed by atoms with Gasteiger partial charge in [-0.3, -0.25) is 14.4 Å². The van der Waals surface area contributed by atoms with Gasteiger partial charge in [0.25, 0.3) is 5.91 Å². The van der Waals surface area contributed by atoms with Crippen molar-refractivity contribution in [3.05, 3.63) is 59.2 Å². The molecule has 42 heavy (non-hydrogen) atoms. The standard InChI is InChI=1S/C27H26F6N2O6S/c1-15(36)35-12-11-18-13-21(42(39,40)14-17-3-4-17)9-10-22(18)23(35)24(38)34-20-7-5-19(6-8-20)25(26(28,29)30,27(31,32)33)41-16(2)37/h5-10,13,17,23H,3-4,11-12,14H2,1-2H3,(H,34,38). The van der Waals surface area contributed by atoms with Crippen molar-refractivity contribution in [2.75, 3.05) is 17.6 Å². The van der Waals surface area contributed by atoms with Gasteiger partial charge in [0.05, 0.1) is 10.6 Å². The Morgan fingerprint density at radius 3 is 2.05 bits per heavy atom. The number of esters is 1. The van der Waals surface area contributed by atoms with E-state index in [1.807, 2.05) is 0 Å². The highest BCUT2D eigenvalue weighted by molar-refractivity contribution is 7.91. The molecular formula is C27H26F6N2O6S. The Morgan fingerprint density at radius 2 is 1.55 bits per heavy atom. The number of benzene rings is 2. The Balaban J connectivity index is 1.65. The first-order chi connectivity index (χ1) is 19.4. The summed E-state index contributed by atoms with van der Waals surface area (Å²) >= 11 is 0. The number of hydrogen-bond donors (Lipinski definition) is 1. The van der Waals surface area contributed by atoms with E-state index in [1.54, 1.807) is 0 Å². The summed E-state index contributed by atoms with van der Waals surface area (Å²) in [5, 5.41) is 2.39. The van der Waals surface area contributed by atoms with Gasteiger partial charge in [0.1, 0.15) is 6.04 Å². The highest BCUT2D eigenvalue weighted by Crippen LogP contribution is 2.53. The second-order valence-corrected chi connectivity index (χ2v) is 12.3. The minimum Gasteiger partial charge on any atom is -0.435 e. The number of carbonyl (C=O) groups is 3.